The van der Waals surface area contributed by atoms with Gasteiger partial charge in [-0.3, -0.25) is 15.8 Å². The summed E-state index contributed by atoms with van der Waals surface area (Å²) in [5.41, 5.74) is 10.1. The lowest BCUT2D eigenvalue weighted by atomic mass is 9.88. The molecule has 0 bridgehead atoms. The summed E-state index contributed by atoms with van der Waals surface area (Å²) >= 11 is 0. The molecule has 164 valence electrons. The summed E-state index contributed by atoms with van der Waals surface area (Å²) in [5.74, 6) is 0.175. The minimum Gasteiger partial charge on any atom is -0.381 e. The fraction of sp³-hybridized carbons (Fsp3) is 0.458. The molecule has 0 aliphatic carbocycles. The molecular weight excluding hydrogens is 395 g/mol. The van der Waals surface area contributed by atoms with E-state index in [0.717, 1.165) is 42.7 Å². The Bertz CT molecular complexity index is 953. The minimum absolute atomic E-state index is 0.0116. The molecule has 0 unspecified atom stereocenters. The highest BCUT2D eigenvalue weighted by Crippen LogP contribution is 2.39. The van der Waals surface area contributed by atoms with Crippen LogP contribution in [0.25, 0.3) is 0 Å². The first-order chi connectivity index (χ1) is 15.1. The fourth-order valence-electron chi connectivity index (χ4n) is 5.02. The van der Waals surface area contributed by atoms with Crippen molar-refractivity contribution in [3.63, 3.8) is 0 Å². The first-order valence-electron chi connectivity index (χ1n) is 11.0. The number of halogens is 1. The van der Waals surface area contributed by atoms with Crippen LogP contribution in [-0.2, 0) is 11.3 Å². The van der Waals surface area contributed by atoms with Crippen molar-refractivity contribution in [3.05, 3.63) is 65.0 Å². The number of rotatable bonds is 4. The van der Waals surface area contributed by atoms with Gasteiger partial charge in [0.15, 0.2) is 0 Å². The summed E-state index contributed by atoms with van der Waals surface area (Å²) in [7, 11) is 0. The maximum Gasteiger partial charge on any atom is 0.325 e. The largest absolute Gasteiger partial charge is 0.381 e. The smallest absolute Gasteiger partial charge is 0.325 e. The lowest BCUT2D eigenvalue weighted by Crippen LogP contribution is -2.50. The molecular formula is C24H29FN4O2. The third kappa shape index (κ3) is 3.82. The van der Waals surface area contributed by atoms with E-state index in [1.807, 2.05) is 16.7 Å². The van der Waals surface area contributed by atoms with Crippen LogP contribution in [0, 0.1) is 12.7 Å². The van der Waals surface area contributed by atoms with Gasteiger partial charge in [-0.05, 0) is 60.7 Å². The number of nitrogens with zero attached hydrogens (tertiary/aromatic N) is 2. The van der Waals surface area contributed by atoms with Crippen LogP contribution in [0.15, 0.2) is 42.5 Å². The van der Waals surface area contributed by atoms with Crippen molar-refractivity contribution in [2.75, 3.05) is 37.7 Å². The summed E-state index contributed by atoms with van der Waals surface area (Å²) in [5, 5.41) is 0. The van der Waals surface area contributed by atoms with Gasteiger partial charge in [-0.2, -0.15) is 0 Å². The van der Waals surface area contributed by atoms with Gasteiger partial charge in [-0.15, -0.1) is 0 Å². The van der Waals surface area contributed by atoms with Crippen LogP contribution in [0.3, 0.4) is 0 Å². The van der Waals surface area contributed by atoms with E-state index >= 15 is 0 Å². The van der Waals surface area contributed by atoms with E-state index in [4.69, 9.17) is 4.74 Å². The molecule has 0 radical (unpaired) electrons. The lowest BCUT2D eigenvalue weighted by molar-refractivity contribution is 0.00604. The van der Waals surface area contributed by atoms with Crippen molar-refractivity contribution in [3.8, 4) is 0 Å². The van der Waals surface area contributed by atoms with Crippen LogP contribution < -0.4 is 15.8 Å². The second-order valence-corrected chi connectivity index (χ2v) is 8.91. The van der Waals surface area contributed by atoms with Crippen LogP contribution >= 0.6 is 0 Å². The second kappa shape index (κ2) is 8.22. The number of benzene rings is 2. The number of ether oxygens (including phenoxy) is 1. The van der Waals surface area contributed by atoms with Crippen molar-refractivity contribution in [2.45, 2.75) is 37.8 Å². The molecule has 2 N–H and O–H groups in total. The Morgan fingerprint density at radius 3 is 2.52 bits per heavy atom. The van der Waals surface area contributed by atoms with Gasteiger partial charge < -0.3 is 9.64 Å². The van der Waals surface area contributed by atoms with Crippen molar-refractivity contribution in [1.82, 2.24) is 15.8 Å². The molecule has 3 aliphatic heterocycles. The zero-order valence-corrected chi connectivity index (χ0v) is 17.9. The van der Waals surface area contributed by atoms with E-state index in [-0.39, 0.29) is 17.4 Å². The predicted molar refractivity (Wildman–Crippen MR) is 117 cm³/mol. The van der Waals surface area contributed by atoms with Crippen molar-refractivity contribution >= 4 is 11.7 Å². The molecule has 3 fully saturated rings. The number of urea groups is 1. The van der Waals surface area contributed by atoms with Gasteiger partial charge in [0.25, 0.3) is 0 Å². The first-order valence-corrected chi connectivity index (χ1v) is 11.0. The van der Waals surface area contributed by atoms with Crippen LogP contribution in [-0.4, -0.2) is 49.3 Å². The third-order valence-electron chi connectivity index (χ3n) is 7.05. The Kier molecular flexibility index (Phi) is 5.42. The molecule has 0 aromatic heterocycles. The number of aryl methyl sites for hydroxylation is 1. The quantitative estimate of drug-likeness (QED) is 0.791. The molecule has 2 aromatic carbocycles. The van der Waals surface area contributed by atoms with Gasteiger partial charge in [0.2, 0.25) is 0 Å². The number of hydrazine groups is 1. The molecule has 1 spiro atoms. The van der Waals surface area contributed by atoms with Gasteiger partial charge in [0, 0.05) is 44.5 Å². The third-order valence-corrected chi connectivity index (χ3v) is 7.05. The highest BCUT2D eigenvalue weighted by molar-refractivity contribution is 5.95. The molecule has 3 saturated heterocycles. The average molecular weight is 425 g/mol. The van der Waals surface area contributed by atoms with Crippen molar-refractivity contribution in [1.29, 1.82) is 0 Å². The average Bonchev–Trinajstić information content (AvgIpc) is 3.41. The molecule has 6 nitrogen and oxygen atoms in total. The first kappa shape index (κ1) is 20.4. The predicted octanol–water partition coefficient (Wildman–Crippen LogP) is 3.32. The maximum absolute atomic E-state index is 13.9. The number of nitrogens with one attached hydrogen (secondary N) is 2. The van der Waals surface area contributed by atoms with Gasteiger partial charge in [0.1, 0.15) is 5.82 Å². The zero-order chi connectivity index (χ0) is 21.4. The molecule has 3 aliphatic rings. The van der Waals surface area contributed by atoms with E-state index in [1.165, 1.54) is 11.6 Å². The van der Waals surface area contributed by atoms with Gasteiger partial charge in [0.05, 0.1) is 12.1 Å². The van der Waals surface area contributed by atoms with E-state index in [0.29, 0.717) is 32.2 Å². The minimum atomic E-state index is -0.286. The highest BCUT2D eigenvalue weighted by atomic mass is 19.1. The van der Waals surface area contributed by atoms with Crippen molar-refractivity contribution < 1.29 is 13.9 Å². The standard InChI is InChI=1S/C24H29FN4O2/c1-17-2-5-21(25)12-19(17)15-29-23(30)28(16-24(29)8-10-31-11-9-24)22-6-3-18(4-7-22)20-13-26-27-14-20/h2-7,12,20,26-27H,8-11,13-16H2,1H3. The summed E-state index contributed by atoms with van der Waals surface area (Å²) < 4.78 is 19.5. The number of hydrogen-bond acceptors (Lipinski definition) is 4. The number of hydrogen-bond donors (Lipinski definition) is 2. The topological polar surface area (TPSA) is 56.8 Å². The monoisotopic (exact) mass is 424 g/mol. The Balaban J connectivity index is 1.43. The summed E-state index contributed by atoms with van der Waals surface area (Å²) in [4.78, 5) is 17.5. The molecule has 2 aromatic rings. The summed E-state index contributed by atoms with van der Waals surface area (Å²) in [6.07, 6.45) is 1.59. The summed E-state index contributed by atoms with van der Waals surface area (Å²) in [6.45, 7) is 6.11. The van der Waals surface area contributed by atoms with Crippen LogP contribution in [0.5, 0.6) is 0 Å². The number of amides is 2. The SMILES string of the molecule is Cc1ccc(F)cc1CN1C(=O)N(c2ccc(C3CNNC3)cc2)CC12CCOCC2. The van der Waals surface area contributed by atoms with E-state index < -0.39 is 0 Å². The van der Waals surface area contributed by atoms with Crippen LogP contribution in [0.2, 0.25) is 0 Å². The molecule has 31 heavy (non-hydrogen) atoms. The van der Waals surface area contributed by atoms with E-state index in [2.05, 4.69) is 35.1 Å². The molecule has 5 rings (SSSR count). The number of carbonyl (C=O) groups excluding carboxylic acids is 1. The zero-order valence-electron chi connectivity index (χ0n) is 17.9. The van der Waals surface area contributed by atoms with Crippen LogP contribution in [0.1, 0.15) is 35.4 Å². The molecule has 7 heteroatoms. The number of anilines is 1. The Hall–Kier alpha value is -2.48. The highest BCUT2D eigenvalue weighted by Gasteiger charge is 2.50. The summed E-state index contributed by atoms with van der Waals surface area (Å²) in [6, 6.07) is 13.1. The van der Waals surface area contributed by atoms with E-state index in [9.17, 15) is 9.18 Å². The molecule has 0 atom stereocenters. The molecule has 3 heterocycles. The second-order valence-electron chi connectivity index (χ2n) is 8.91. The lowest BCUT2D eigenvalue weighted by Gasteiger charge is -2.40. The molecule has 0 saturated carbocycles. The number of carbonyl (C=O) groups is 1. The fourth-order valence-corrected chi connectivity index (χ4v) is 5.02. The Morgan fingerprint density at radius 2 is 1.81 bits per heavy atom. The van der Waals surface area contributed by atoms with Gasteiger partial charge in [-0.25, -0.2) is 9.18 Å². The van der Waals surface area contributed by atoms with E-state index in [1.54, 1.807) is 12.1 Å². The van der Waals surface area contributed by atoms with Gasteiger partial charge in [-0.1, -0.05) is 18.2 Å². The molecule has 2 amide bonds. The van der Waals surface area contributed by atoms with Gasteiger partial charge >= 0.3 is 6.03 Å². The Morgan fingerprint density at radius 1 is 1.10 bits per heavy atom. The normalized spacial score (nSPS) is 21.4. The Labute approximate surface area is 182 Å². The van der Waals surface area contributed by atoms with Crippen molar-refractivity contribution in [2.24, 2.45) is 0 Å². The maximum atomic E-state index is 13.9. The van der Waals surface area contributed by atoms with Crippen LogP contribution in [0.4, 0.5) is 14.9 Å².